The van der Waals surface area contributed by atoms with Crippen molar-refractivity contribution in [2.24, 2.45) is 0 Å². The van der Waals surface area contributed by atoms with Crippen LogP contribution in [0.3, 0.4) is 0 Å². The summed E-state index contributed by atoms with van der Waals surface area (Å²) in [5, 5.41) is 0. The molecule has 1 N–H and O–H groups in total. The molecule has 0 fully saturated rings. The van der Waals surface area contributed by atoms with Crippen LogP contribution in [0.1, 0.15) is 1.43 Å². The molecule has 0 heterocycles. The maximum Gasteiger partial charge on any atom is 1.00 e. The summed E-state index contributed by atoms with van der Waals surface area (Å²) in [7, 11) is -1.96. The van der Waals surface area contributed by atoms with Crippen LogP contribution in [0, 0.1) is 0 Å². The van der Waals surface area contributed by atoms with Gasteiger partial charge in [-0.25, -0.2) is 0 Å². The Morgan fingerprint density at radius 3 is 1.00 bits per heavy atom. The van der Waals surface area contributed by atoms with Crippen LogP contribution in [0.2, 0.25) is 39.3 Å². The third kappa shape index (κ3) is 11.7. The predicted octanol–water partition coefficient (Wildman–Crippen LogP) is -0.638. The molecule has 0 aliphatic heterocycles. The van der Waals surface area contributed by atoms with Gasteiger partial charge in [0.15, 0.2) is 0 Å². The Bertz CT molecular complexity index is 85.7. The molecule has 0 aliphatic carbocycles. The van der Waals surface area contributed by atoms with Gasteiger partial charge in [-0.05, 0) is 0 Å². The maximum atomic E-state index is 3.74. The van der Waals surface area contributed by atoms with Gasteiger partial charge >= 0.3 is 18.9 Å². The molecule has 0 aromatic rings. The molecule has 0 aliphatic rings. The third-order valence-corrected chi connectivity index (χ3v) is 6.75. The normalized spacial score (nSPS) is 12.6. The molecule has 0 rings (SSSR count). The SMILES string of the molecule is C[Si](C)(C)N[Si](C)(C)C.[H-].[Li+]. The molecular weight excluding hydrogens is 149 g/mol. The van der Waals surface area contributed by atoms with Crippen molar-refractivity contribution in [1.82, 2.24) is 4.65 Å². The van der Waals surface area contributed by atoms with Crippen molar-refractivity contribution in [2.75, 3.05) is 0 Å². The number of rotatable bonds is 2. The molecule has 0 saturated carbocycles. The van der Waals surface area contributed by atoms with Crippen molar-refractivity contribution in [3.8, 4) is 0 Å². The van der Waals surface area contributed by atoms with Crippen LogP contribution in [-0.2, 0) is 0 Å². The van der Waals surface area contributed by atoms with Crippen molar-refractivity contribution < 1.29 is 20.3 Å². The van der Waals surface area contributed by atoms with Gasteiger partial charge in [-0.15, -0.1) is 0 Å². The average Bonchev–Trinajstić information content (AvgIpc) is 1.14. The van der Waals surface area contributed by atoms with Gasteiger partial charge in [0, 0.05) is 0 Å². The van der Waals surface area contributed by atoms with E-state index in [0.717, 1.165) is 0 Å². The Hall–Kier alpha value is 0.991. The first-order chi connectivity index (χ1) is 3.71. The summed E-state index contributed by atoms with van der Waals surface area (Å²) in [6.45, 7) is 14.1. The second kappa shape index (κ2) is 4.13. The second-order valence-corrected chi connectivity index (χ2v) is 14.6. The first-order valence-electron chi connectivity index (χ1n) is 3.50. The molecule has 0 amide bonds. The molecule has 0 atom stereocenters. The van der Waals surface area contributed by atoms with Crippen LogP contribution in [-0.4, -0.2) is 16.5 Å². The van der Waals surface area contributed by atoms with Crippen LogP contribution in [0.15, 0.2) is 0 Å². The van der Waals surface area contributed by atoms with E-state index in [0.29, 0.717) is 0 Å². The number of hydrogen-bond acceptors (Lipinski definition) is 1. The van der Waals surface area contributed by atoms with Crippen molar-refractivity contribution in [1.29, 1.82) is 0 Å². The molecule has 0 aromatic heterocycles. The third-order valence-electron chi connectivity index (χ3n) is 0.750. The monoisotopic (exact) mass is 169 g/mol. The van der Waals surface area contributed by atoms with Crippen LogP contribution in [0.5, 0.6) is 0 Å². The summed E-state index contributed by atoms with van der Waals surface area (Å²) in [6, 6.07) is 0. The van der Waals surface area contributed by atoms with E-state index in [1.165, 1.54) is 0 Å². The van der Waals surface area contributed by atoms with Gasteiger partial charge in [0.05, 0.1) is 0 Å². The minimum absolute atomic E-state index is 0. The molecule has 1 nitrogen and oxygen atoms in total. The van der Waals surface area contributed by atoms with Gasteiger partial charge in [0.2, 0.25) is 0 Å². The Labute approximate surface area is 80.8 Å². The molecule has 0 spiro atoms. The number of hydrogen-bond donors (Lipinski definition) is 1. The zero-order valence-corrected chi connectivity index (χ0v) is 10.5. The van der Waals surface area contributed by atoms with E-state index in [4.69, 9.17) is 0 Å². The van der Waals surface area contributed by atoms with Gasteiger partial charge in [-0.2, -0.15) is 0 Å². The molecule has 0 bridgehead atoms. The fraction of sp³-hybridized carbons (Fsp3) is 1.00. The molecular formula is C6H20LiNSi2. The summed E-state index contributed by atoms with van der Waals surface area (Å²) >= 11 is 0. The fourth-order valence-corrected chi connectivity index (χ4v) is 10.1. The predicted molar refractivity (Wildman–Crippen MR) is 50.9 cm³/mol. The second-order valence-electron chi connectivity index (χ2n) is 4.62. The Morgan fingerprint density at radius 1 is 0.800 bits per heavy atom. The average molecular weight is 169 g/mol. The summed E-state index contributed by atoms with van der Waals surface area (Å²) < 4.78 is 3.74. The zero-order chi connectivity index (χ0) is 7.71. The quantitative estimate of drug-likeness (QED) is 0.542. The summed E-state index contributed by atoms with van der Waals surface area (Å²) in [5.41, 5.74) is 0. The molecule has 4 heteroatoms. The van der Waals surface area contributed by atoms with Gasteiger partial charge in [-0.1, -0.05) is 39.3 Å². The van der Waals surface area contributed by atoms with E-state index in [-0.39, 0.29) is 20.3 Å². The van der Waals surface area contributed by atoms with Crippen LogP contribution in [0.25, 0.3) is 0 Å². The minimum atomic E-state index is -0.981. The Kier molecular flexibility index (Phi) is 5.60. The molecule has 0 saturated heterocycles. The Balaban J connectivity index is -0.000000320. The molecule has 58 valence electrons. The van der Waals surface area contributed by atoms with Crippen molar-refractivity contribution in [3.63, 3.8) is 0 Å². The topological polar surface area (TPSA) is 12.0 Å². The van der Waals surface area contributed by atoms with Crippen molar-refractivity contribution in [3.05, 3.63) is 0 Å². The van der Waals surface area contributed by atoms with E-state index < -0.39 is 16.5 Å². The zero-order valence-electron chi connectivity index (χ0n) is 9.50. The molecule has 0 radical (unpaired) electrons. The van der Waals surface area contributed by atoms with E-state index in [2.05, 4.69) is 43.9 Å². The van der Waals surface area contributed by atoms with E-state index in [9.17, 15) is 0 Å². The molecule has 0 unspecified atom stereocenters. The number of nitrogens with one attached hydrogen (secondary N) is 1. The smallest absolute Gasteiger partial charge is 1.00 e. The summed E-state index contributed by atoms with van der Waals surface area (Å²) in [6.07, 6.45) is 0. The first kappa shape index (κ1) is 13.6. The standard InChI is InChI=1S/C6H19NSi2.Li.H/c1-8(2,3)7-9(4,5)6;;/h7H,1-6H3;;/q;+1;-1. The van der Waals surface area contributed by atoms with Crippen LogP contribution in [0.4, 0.5) is 0 Å². The molecule has 10 heavy (non-hydrogen) atoms. The summed E-state index contributed by atoms with van der Waals surface area (Å²) in [4.78, 5) is 0. The summed E-state index contributed by atoms with van der Waals surface area (Å²) in [5.74, 6) is 0. The van der Waals surface area contributed by atoms with Gasteiger partial charge in [0.25, 0.3) is 0 Å². The van der Waals surface area contributed by atoms with E-state index in [1.807, 2.05) is 0 Å². The van der Waals surface area contributed by atoms with Gasteiger partial charge in [0.1, 0.15) is 16.5 Å². The largest absolute Gasteiger partial charge is 1.00 e. The van der Waals surface area contributed by atoms with Crippen LogP contribution < -0.4 is 23.5 Å². The van der Waals surface area contributed by atoms with E-state index >= 15 is 0 Å². The minimum Gasteiger partial charge on any atom is -1.00 e. The fourth-order valence-electron chi connectivity index (χ4n) is 1.12. The molecule has 0 aromatic carbocycles. The van der Waals surface area contributed by atoms with E-state index in [1.54, 1.807) is 0 Å². The van der Waals surface area contributed by atoms with Gasteiger partial charge in [-0.3, -0.25) is 0 Å². The maximum absolute atomic E-state index is 3.74. The van der Waals surface area contributed by atoms with Crippen molar-refractivity contribution >= 4 is 16.5 Å². The first-order valence-corrected chi connectivity index (χ1v) is 10.5. The van der Waals surface area contributed by atoms with Crippen LogP contribution >= 0.6 is 0 Å². The van der Waals surface area contributed by atoms with Gasteiger partial charge < -0.3 is 6.07 Å². The Morgan fingerprint density at radius 2 is 1.00 bits per heavy atom. The van der Waals surface area contributed by atoms with Crippen molar-refractivity contribution in [2.45, 2.75) is 39.3 Å².